The van der Waals surface area contributed by atoms with E-state index in [2.05, 4.69) is 0 Å². The van der Waals surface area contributed by atoms with Crippen LogP contribution in [0.15, 0.2) is 0 Å². The minimum Gasteiger partial charge on any atom is -0.549 e. The molecule has 0 rings (SSSR count). The molecule has 0 aromatic heterocycles. The van der Waals surface area contributed by atoms with Crippen LogP contribution in [0, 0.1) is 0 Å². The Morgan fingerprint density at radius 3 is 0.426 bits per heavy atom. The number of rotatable bonds is 22. The summed E-state index contributed by atoms with van der Waals surface area (Å²) in [5.74, 6) is -12.2. The monoisotopic (exact) mass is 772 g/mol. The molecule has 27 heteroatoms. The van der Waals surface area contributed by atoms with Gasteiger partial charge in [0.05, 0.1) is 47.8 Å². The van der Waals surface area contributed by atoms with Gasteiger partial charge < -0.3 is 79.2 Å². The number of carboxylic acid groups (broad SMARTS) is 8. The van der Waals surface area contributed by atoms with Gasteiger partial charge in [0, 0.05) is 78.5 Å². The maximum atomic E-state index is 10.4. The first-order chi connectivity index (χ1) is 18.4. The van der Waals surface area contributed by atoms with Crippen LogP contribution in [0.3, 0.4) is 0 Å². The number of hydrogen-bond donors (Lipinski definition) is 0. The first-order valence-corrected chi connectivity index (χ1v) is 10.9. The summed E-state index contributed by atoms with van der Waals surface area (Å²) in [4.78, 5) is 86.8. The molecule has 47 heavy (non-hydrogen) atoms. The molecule has 0 aromatic rings. The van der Waals surface area contributed by atoms with E-state index in [0.717, 1.165) is 19.6 Å². The zero-order chi connectivity index (χ0) is 31.4. The number of carbonyl (C=O) groups is 8. The SMILES string of the molecule is O=C([O-])CN(CCN(CC(=O)[O-])CC(=O)[O-])CC(=O)[O-].O=C([O-])CN(CCN(CC(=O)[O-])CC(=O)[O-])CC(=O)[O-].[Na+].[Na+].[Na+].[Na+].[Na+].[Na+].[Ni+2]. The predicted octanol–water partition coefficient (Wildman–Crippen LogP) is -32.8. The number of aliphatic carboxylic acids is 8. The second-order valence-electron chi connectivity index (χ2n) is 7.82. The Hall–Kier alpha value is 2.09. The van der Waals surface area contributed by atoms with Gasteiger partial charge in [0.25, 0.3) is 0 Å². The van der Waals surface area contributed by atoms with E-state index in [9.17, 15) is 79.2 Å². The molecular weight excluding hydrogens is 749 g/mol. The first-order valence-electron chi connectivity index (χ1n) is 10.9. The number of carbonyl (C=O) groups excluding carboxylic acids is 8. The Balaban J connectivity index is -0.0000000764. The molecule has 236 valence electrons. The summed E-state index contributed by atoms with van der Waals surface area (Å²) in [7, 11) is 0. The fourth-order valence-electron chi connectivity index (χ4n) is 2.88. The van der Waals surface area contributed by atoms with Crippen LogP contribution in [0.1, 0.15) is 0 Å². The zero-order valence-corrected chi connectivity index (χ0v) is 40.1. The molecule has 0 atom stereocenters. The van der Waals surface area contributed by atoms with Crippen LogP contribution in [0.4, 0.5) is 0 Å². The normalized spacial score (nSPS) is 9.11. The minimum atomic E-state index is -1.53. The van der Waals surface area contributed by atoms with Gasteiger partial charge in [-0.25, -0.2) is 0 Å². The van der Waals surface area contributed by atoms with E-state index in [0.29, 0.717) is 0 Å². The average Bonchev–Trinajstić information content (AvgIpc) is 2.72. The van der Waals surface area contributed by atoms with E-state index < -0.39 is 100 Å². The van der Waals surface area contributed by atoms with Gasteiger partial charge in [-0.3, -0.25) is 19.6 Å². The van der Waals surface area contributed by atoms with Gasteiger partial charge >= 0.3 is 194 Å². The van der Waals surface area contributed by atoms with Gasteiger partial charge in [0.15, 0.2) is 0 Å². The third-order valence-electron chi connectivity index (χ3n) is 4.29. The zero-order valence-electron chi connectivity index (χ0n) is 27.1. The van der Waals surface area contributed by atoms with Crippen molar-refractivity contribution < 1.29 is 273 Å². The summed E-state index contributed by atoms with van der Waals surface area (Å²) >= 11 is 0. The van der Waals surface area contributed by atoms with Gasteiger partial charge in [-0.15, -0.1) is 0 Å². The summed E-state index contributed by atoms with van der Waals surface area (Å²) in [6, 6.07) is 0. The van der Waals surface area contributed by atoms with Crippen molar-refractivity contribution >= 4 is 47.8 Å². The van der Waals surface area contributed by atoms with Crippen LogP contribution in [0.2, 0.25) is 0 Å². The molecule has 0 heterocycles. The van der Waals surface area contributed by atoms with Crippen molar-refractivity contribution in [3.05, 3.63) is 0 Å². The van der Waals surface area contributed by atoms with Crippen LogP contribution in [0.25, 0.3) is 0 Å². The standard InChI is InChI=1S/2C10H16N2O8.6Na.Ni/c2*13-7(14)3-11(4-8(15)16)1-2-12(5-9(17)18)6-10(19)20;;;;;;;/h2*1-6H2,(H,13,14)(H,15,16)(H,17,18)(H,19,20);;;;;;;/q;;6*+1;+2/p-8. The molecule has 0 aliphatic rings. The van der Waals surface area contributed by atoms with E-state index in [1.807, 2.05) is 0 Å². The van der Waals surface area contributed by atoms with Crippen molar-refractivity contribution in [2.75, 3.05) is 78.5 Å². The summed E-state index contributed by atoms with van der Waals surface area (Å²) in [5.41, 5.74) is 0. The van der Waals surface area contributed by atoms with Gasteiger partial charge in [-0.2, -0.15) is 0 Å². The fourth-order valence-corrected chi connectivity index (χ4v) is 2.88. The second kappa shape index (κ2) is 42.5. The van der Waals surface area contributed by atoms with Gasteiger partial charge in [-0.1, -0.05) is 0 Å². The Morgan fingerprint density at radius 2 is 0.362 bits per heavy atom. The summed E-state index contributed by atoms with van der Waals surface area (Å²) in [5, 5.41) is 83.2. The Bertz CT molecular complexity index is 736. The summed E-state index contributed by atoms with van der Waals surface area (Å²) in [6.45, 7) is -6.50. The van der Waals surface area contributed by atoms with Crippen LogP contribution >= 0.6 is 0 Å². The number of carboxylic acids is 8. The van der Waals surface area contributed by atoms with Gasteiger partial charge in [0.1, 0.15) is 0 Å². The average molecular weight is 773 g/mol. The summed E-state index contributed by atoms with van der Waals surface area (Å²) < 4.78 is 0. The van der Waals surface area contributed by atoms with Crippen LogP contribution < -0.4 is 218 Å². The van der Waals surface area contributed by atoms with E-state index in [-0.39, 0.29) is 220 Å². The third kappa shape index (κ3) is 52.6. The van der Waals surface area contributed by atoms with Crippen molar-refractivity contribution in [3.63, 3.8) is 0 Å². The van der Waals surface area contributed by atoms with Gasteiger partial charge in [-0.05, 0) is 0 Å². The first kappa shape index (κ1) is 70.6. The molecule has 0 saturated carbocycles. The molecule has 0 bridgehead atoms. The predicted molar refractivity (Wildman–Crippen MR) is 106 cm³/mol. The molecular formula is C20H24N4Na6NiO16. The largest absolute Gasteiger partial charge is 2.00 e. The molecule has 0 spiro atoms. The Morgan fingerprint density at radius 1 is 0.277 bits per heavy atom. The minimum absolute atomic E-state index is 0. The summed E-state index contributed by atoms with van der Waals surface area (Å²) in [6.07, 6.45) is 0. The molecule has 0 aliphatic heterocycles. The van der Waals surface area contributed by atoms with Crippen molar-refractivity contribution in [2.45, 2.75) is 0 Å². The molecule has 0 radical (unpaired) electrons. The van der Waals surface area contributed by atoms with Gasteiger partial charge in [0.2, 0.25) is 0 Å². The fraction of sp³-hybridized carbons (Fsp3) is 0.600. The second-order valence-corrected chi connectivity index (χ2v) is 7.82. The molecule has 0 saturated heterocycles. The molecule has 0 unspecified atom stereocenters. The van der Waals surface area contributed by atoms with E-state index >= 15 is 0 Å². The maximum Gasteiger partial charge on any atom is 2.00 e. The van der Waals surface area contributed by atoms with Crippen LogP contribution in [-0.4, -0.2) is 146 Å². The van der Waals surface area contributed by atoms with Crippen LogP contribution in [0.5, 0.6) is 0 Å². The molecule has 0 N–H and O–H groups in total. The topological polar surface area (TPSA) is 334 Å². The molecule has 0 aliphatic carbocycles. The van der Waals surface area contributed by atoms with E-state index in [4.69, 9.17) is 0 Å². The van der Waals surface area contributed by atoms with Crippen LogP contribution in [-0.2, 0) is 54.8 Å². The van der Waals surface area contributed by atoms with E-state index in [1.165, 1.54) is 0 Å². The third-order valence-corrected chi connectivity index (χ3v) is 4.29. The number of hydrogen-bond acceptors (Lipinski definition) is 20. The quantitative estimate of drug-likeness (QED) is 0.0922. The van der Waals surface area contributed by atoms with Crippen molar-refractivity contribution in [1.29, 1.82) is 0 Å². The number of nitrogens with zero attached hydrogens (tertiary/aromatic N) is 4. The molecule has 0 fully saturated rings. The molecule has 20 nitrogen and oxygen atoms in total. The van der Waals surface area contributed by atoms with Crippen molar-refractivity contribution in [1.82, 2.24) is 19.6 Å². The Kier molecular flexibility index (Phi) is 63.9. The Labute approximate surface area is 412 Å². The smallest absolute Gasteiger partial charge is 0.549 e. The van der Waals surface area contributed by atoms with Crippen molar-refractivity contribution in [3.8, 4) is 0 Å². The molecule has 0 aromatic carbocycles. The molecule has 0 amide bonds. The van der Waals surface area contributed by atoms with E-state index in [1.54, 1.807) is 0 Å². The maximum absolute atomic E-state index is 10.4. The van der Waals surface area contributed by atoms with Crippen molar-refractivity contribution in [2.24, 2.45) is 0 Å².